The van der Waals surface area contributed by atoms with E-state index in [1.165, 1.54) is 0 Å². The number of nitrogens with zero attached hydrogens (tertiary/aromatic N) is 2. The van der Waals surface area contributed by atoms with Crippen molar-refractivity contribution in [2.75, 3.05) is 11.5 Å². The first-order valence-corrected chi connectivity index (χ1v) is 5.45. The number of halogens is 3. The molecule has 1 aromatic heterocycles. The lowest BCUT2D eigenvalue weighted by molar-refractivity contribution is -0.195. The van der Waals surface area contributed by atoms with Crippen molar-refractivity contribution < 1.29 is 18.3 Å². The van der Waals surface area contributed by atoms with Crippen molar-refractivity contribution in [3.63, 3.8) is 0 Å². The summed E-state index contributed by atoms with van der Waals surface area (Å²) in [5.41, 5.74) is 0. The van der Waals surface area contributed by atoms with Gasteiger partial charge in [-0.05, 0) is 6.07 Å². The molecule has 0 amide bonds. The van der Waals surface area contributed by atoms with Crippen LogP contribution in [-0.2, 0) is 6.54 Å². The molecule has 0 aliphatic heterocycles. The van der Waals surface area contributed by atoms with Gasteiger partial charge >= 0.3 is 6.18 Å². The Kier molecular flexibility index (Phi) is 4.46. The zero-order valence-electron chi connectivity index (χ0n) is 7.81. The molecule has 15 heavy (non-hydrogen) atoms. The molecule has 0 aromatic carbocycles. The molecule has 0 fully saturated rings. The van der Waals surface area contributed by atoms with Crippen LogP contribution in [0, 0.1) is 0 Å². The molecule has 1 N–H and O–H groups in total. The molecule has 86 valence electrons. The monoisotopic (exact) mass is 240 g/mol. The topological polar surface area (TPSA) is 38.0 Å². The number of aryl methyl sites for hydroxylation is 1. The summed E-state index contributed by atoms with van der Waals surface area (Å²) in [6.45, 7) is 0.544. The van der Waals surface area contributed by atoms with Gasteiger partial charge in [-0.25, -0.2) is 0 Å². The van der Waals surface area contributed by atoms with Crippen molar-refractivity contribution in [2.24, 2.45) is 0 Å². The van der Waals surface area contributed by atoms with Crippen LogP contribution in [0.4, 0.5) is 13.2 Å². The van der Waals surface area contributed by atoms with Gasteiger partial charge in [-0.3, -0.25) is 4.68 Å². The SMILES string of the molecule is OC(CSCCn1cccn1)C(F)(F)F. The van der Waals surface area contributed by atoms with Crippen LogP contribution in [0.25, 0.3) is 0 Å². The van der Waals surface area contributed by atoms with Crippen LogP contribution in [0.2, 0.25) is 0 Å². The van der Waals surface area contributed by atoms with Crippen LogP contribution in [0.5, 0.6) is 0 Å². The molecule has 3 nitrogen and oxygen atoms in total. The Balaban J connectivity index is 2.12. The van der Waals surface area contributed by atoms with Crippen LogP contribution in [0.3, 0.4) is 0 Å². The van der Waals surface area contributed by atoms with E-state index in [2.05, 4.69) is 5.10 Å². The molecule has 0 saturated heterocycles. The summed E-state index contributed by atoms with van der Waals surface area (Å²) < 4.78 is 37.2. The van der Waals surface area contributed by atoms with Crippen molar-refractivity contribution in [2.45, 2.75) is 18.8 Å². The molecule has 0 spiro atoms. The molecule has 1 rings (SSSR count). The van der Waals surface area contributed by atoms with E-state index >= 15 is 0 Å². The molecular weight excluding hydrogens is 229 g/mol. The Hall–Kier alpha value is -0.690. The van der Waals surface area contributed by atoms with Gasteiger partial charge in [0.25, 0.3) is 0 Å². The highest BCUT2D eigenvalue weighted by molar-refractivity contribution is 7.99. The molecule has 1 aromatic rings. The number of hydrogen-bond acceptors (Lipinski definition) is 3. The van der Waals surface area contributed by atoms with Gasteiger partial charge < -0.3 is 5.11 Å². The van der Waals surface area contributed by atoms with Gasteiger partial charge in [0.15, 0.2) is 6.10 Å². The van der Waals surface area contributed by atoms with Crippen LogP contribution in [0.1, 0.15) is 0 Å². The first kappa shape index (κ1) is 12.4. The number of hydrogen-bond donors (Lipinski definition) is 1. The summed E-state index contributed by atoms with van der Waals surface area (Å²) in [6, 6.07) is 1.75. The van der Waals surface area contributed by atoms with E-state index in [9.17, 15) is 13.2 Å². The van der Waals surface area contributed by atoms with E-state index in [1.54, 1.807) is 23.1 Å². The molecule has 0 aliphatic carbocycles. The first-order valence-electron chi connectivity index (χ1n) is 4.30. The summed E-state index contributed by atoms with van der Waals surface area (Å²) in [5, 5.41) is 12.6. The lowest BCUT2D eigenvalue weighted by Gasteiger charge is -2.13. The van der Waals surface area contributed by atoms with Crippen LogP contribution in [0.15, 0.2) is 18.5 Å². The van der Waals surface area contributed by atoms with Crippen LogP contribution < -0.4 is 0 Å². The average molecular weight is 240 g/mol. The molecular formula is C8H11F3N2OS. The third-order valence-electron chi connectivity index (χ3n) is 1.68. The number of rotatable bonds is 5. The fourth-order valence-corrected chi connectivity index (χ4v) is 1.78. The Morgan fingerprint density at radius 3 is 2.73 bits per heavy atom. The number of aromatic nitrogens is 2. The minimum absolute atomic E-state index is 0.329. The predicted molar refractivity (Wildman–Crippen MR) is 51.6 cm³/mol. The van der Waals surface area contributed by atoms with E-state index in [4.69, 9.17) is 5.11 Å². The molecule has 1 atom stereocenters. The molecule has 0 aliphatic rings. The van der Waals surface area contributed by atoms with Gasteiger partial charge in [0, 0.05) is 30.4 Å². The fourth-order valence-electron chi connectivity index (χ4n) is 0.880. The van der Waals surface area contributed by atoms with Crippen molar-refractivity contribution in [1.82, 2.24) is 9.78 Å². The second-order valence-electron chi connectivity index (χ2n) is 2.90. The zero-order valence-corrected chi connectivity index (χ0v) is 8.63. The first-order chi connectivity index (χ1) is 7.00. The molecule has 0 radical (unpaired) electrons. The Bertz CT molecular complexity index is 276. The number of aliphatic hydroxyl groups excluding tert-OH is 1. The summed E-state index contributed by atoms with van der Waals surface area (Å²) in [4.78, 5) is 0. The Labute approximate surface area is 89.3 Å². The van der Waals surface area contributed by atoms with Crippen LogP contribution in [-0.4, -0.2) is 38.7 Å². The fraction of sp³-hybridized carbons (Fsp3) is 0.625. The lowest BCUT2D eigenvalue weighted by Crippen LogP contribution is -2.30. The maximum Gasteiger partial charge on any atom is 0.415 e. The van der Waals surface area contributed by atoms with Crippen LogP contribution >= 0.6 is 11.8 Å². The third kappa shape index (κ3) is 4.57. The minimum Gasteiger partial charge on any atom is -0.383 e. The standard InChI is InChI=1S/C8H11F3N2OS/c9-8(10,11)7(14)6-15-5-4-13-3-1-2-12-13/h1-3,7,14H,4-6H2. The van der Waals surface area contributed by atoms with Crippen molar-refractivity contribution >= 4 is 11.8 Å². The summed E-state index contributed by atoms with van der Waals surface area (Å²) in [6.07, 6.45) is -3.41. The quantitative estimate of drug-likeness (QED) is 0.793. The maximum absolute atomic E-state index is 11.9. The molecule has 0 bridgehead atoms. The minimum atomic E-state index is -4.52. The van der Waals surface area contributed by atoms with Gasteiger partial charge in [0.1, 0.15) is 0 Å². The number of thioether (sulfide) groups is 1. The highest BCUT2D eigenvalue weighted by atomic mass is 32.2. The highest BCUT2D eigenvalue weighted by Crippen LogP contribution is 2.22. The van der Waals surface area contributed by atoms with Gasteiger partial charge in [0.05, 0.1) is 0 Å². The summed E-state index contributed by atoms with van der Waals surface area (Å²) in [5.74, 6) is 0.166. The lowest BCUT2D eigenvalue weighted by atomic mass is 10.4. The molecule has 7 heteroatoms. The van der Waals surface area contributed by atoms with Gasteiger partial charge in [-0.2, -0.15) is 30.0 Å². The van der Waals surface area contributed by atoms with E-state index in [0.29, 0.717) is 12.3 Å². The van der Waals surface area contributed by atoms with Crippen molar-refractivity contribution in [3.8, 4) is 0 Å². The summed E-state index contributed by atoms with van der Waals surface area (Å²) in [7, 11) is 0. The Morgan fingerprint density at radius 1 is 1.47 bits per heavy atom. The van der Waals surface area contributed by atoms with E-state index in [-0.39, 0.29) is 5.75 Å². The Morgan fingerprint density at radius 2 is 2.20 bits per heavy atom. The normalized spacial score (nSPS) is 14.1. The molecule has 0 saturated carbocycles. The highest BCUT2D eigenvalue weighted by Gasteiger charge is 2.37. The van der Waals surface area contributed by atoms with Gasteiger partial charge in [0.2, 0.25) is 0 Å². The van der Waals surface area contributed by atoms with Crippen molar-refractivity contribution in [1.29, 1.82) is 0 Å². The maximum atomic E-state index is 11.9. The van der Waals surface area contributed by atoms with E-state index < -0.39 is 12.3 Å². The van der Waals surface area contributed by atoms with Crippen molar-refractivity contribution in [3.05, 3.63) is 18.5 Å². The number of alkyl halides is 3. The van der Waals surface area contributed by atoms with Gasteiger partial charge in [-0.1, -0.05) is 0 Å². The largest absolute Gasteiger partial charge is 0.415 e. The van der Waals surface area contributed by atoms with Gasteiger partial charge in [-0.15, -0.1) is 0 Å². The zero-order chi connectivity index (χ0) is 11.3. The second-order valence-corrected chi connectivity index (χ2v) is 4.05. The number of aliphatic hydroxyl groups is 1. The second kappa shape index (κ2) is 5.41. The molecule has 1 unspecified atom stereocenters. The molecule has 1 heterocycles. The third-order valence-corrected chi connectivity index (χ3v) is 2.70. The van der Waals surface area contributed by atoms with E-state index in [1.807, 2.05) is 0 Å². The predicted octanol–water partition coefficient (Wildman–Crippen LogP) is 1.54. The summed E-state index contributed by atoms with van der Waals surface area (Å²) >= 11 is 1.06. The smallest absolute Gasteiger partial charge is 0.383 e. The average Bonchev–Trinajstić information content (AvgIpc) is 2.63. The van der Waals surface area contributed by atoms with E-state index in [0.717, 1.165) is 11.8 Å².